The Balaban J connectivity index is 1.58. The maximum absolute atomic E-state index is 13.7. The number of nitrogens with zero attached hydrogens (tertiary/aromatic N) is 6. The van der Waals surface area contributed by atoms with Crippen molar-refractivity contribution in [2.45, 2.75) is 58.5 Å². The minimum Gasteiger partial charge on any atom is -0.377 e. The topological polar surface area (TPSA) is 115 Å². The summed E-state index contributed by atoms with van der Waals surface area (Å²) in [5.74, 6) is 1.32. The van der Waals surface area contributed by atoms with Crippen LogP contribution in [-0.4, -0.2) is 55.5 Å². The maximum atomic E-state index is 13.7. The Morgan fingerprint density at radius 3 is 2.67 bits per heavy atom. The Kier molecular flexibility index (Phi) is 6.88. The number of aromatic nitrogens is 6. The van der Waals surface area contributed by atoms with Gasteiger partial charge in [0.25, 0.3) is 6.43 Å². The summed E-state index contributed by atoms with van der Waals surface area (Å²) >= 11 is 0. The smallest absolute Gasteiger partial charge is 0.377 e. The van der Waals surface area contributed by atoms with Crippen LogP contribution < -0.4 is 10.7 Å². The Morgan fingerprint density at radius 1 is 1.13 bits per heavy atom. The van der Waals surface area contributed by atoms with Crippen LogP contribution in [0.3, 0.4) is 0 Å². The average molecular weight is 540 g/mol. The third kappa shape index (κ3) is 5.05. The highest BCUT2D eigenvalue weighted by Gasteiger charge is 2.30. The molecule has 0 amide bonds. The molecule has 1 atom stereocenters. The average Bonchev–Trinajstić information content (AvgIpc) is 3.53. The van der Waals surface area contributed by atoms with Gasteiger partial charge in [-0.25, -0.2) is 23.5 Å². The number of hydrogen-bond donors (Lipinski definition) is 1. The molecule has 1 N–H and O–H groups in total. The lowest BCUT2D eigenvalue weighted by atomic mass is 9.83. The van der Waals surface area contributed by atoms with Crippen LogP contribution in [-0.2, 0) is 11.3 Å². The molecule has 3 aromatic heterocycles. The van der Waals surface area contributed by atoms with E-state index in [-0.39, 0.29) is 23.3 Å². The SMILES string of the molecule is CC1CCC(Cn2c(N3CCOC[C@H]3C)nc3nc(-c4noc(=O)[nH]4)nc(-c4cccc(C(F)F)c4)c32)CC1. The molecule has 2 fully saturated rings. The van der Waals surface area contributed by atoms with Gasteiger partial charge in [-0.3, -0.25) is 9.51 Å². The van der Waals surface area contributed by atoms with E-state index in [0.29, 0.717) is 60.6 Å². The summed E-state index contributed by atoms with van der Waals surface area (Å²) in [4.78, 5) is 30.8. The normalized spacial score (nSPS) is 22.2. The van der Waals surface area contributed by atoms with Gasteiger partial charge in [0.2, 0.25) is 17.6 Å². The van der Waals surface area contributed by atoms with Crippen molar-refractivity contribution < 1.29 is 18.0 Å². The van der Waals surface area contributed by atoms with Gasteiger partial charge in [-0.15, -0.1) is 0 Å². The Hall–Kier alpha value is -3.67. The van der Waals surface area contributed by atoms with E-state index < -0.39 is 12.2 Å². The van der Waals surface area contributed by atoms with Crippen LogP contribution in [0.5, 0.6) is 0 Å². The predicted octanol–water partition coefficient (Wildman–Crippen LogP) is 4.83. The van der Waals surface area contributed by atoms with Gasteiger partial charge in [0.05, 0.1) is 19.3 Å². The largest absolute Gasteiger partial charge is 0.439 e. The van der Waals surface area contributed by atoms with Gasteiger partial charge < -0.3 is 14.2 Å². The lowest BCUT2D eigenvalue weighted by Crippen LogP contribution is -2.45. The summed E-state index contributed by atoms with van der Waals surface area (Å²) in [5.41, 5.74) is 1.92. The van der Waals surface area contributed by atoms with Crippen molar-refractivity contribution in [1.82, 2.24) is 29.7 Å². The predicted molar refractivity (Wildman–Crippen MR) is 141 cm³/mol. The van der Waals surface area contributed by atoms with Gasteiger partial charge in [-0.1, -0.05) is 43.1 Å². The molecule has 1 aliphatic heterocycles. The first-order chi connectivity index (χ1) is 18.9. The molecular weight excluding hydrogens is 508 g/mol. The zero-order chi connectivity index (χ0) is 27.1. The van der Waals surface area contributed by atoms with Gasteiger partial charge in [0.1, 0.15) is 11.2 Å². The fourth-order valence-electron chi connectivity index (χ4n) is 5.67. The summed E-state index contributed by atoms with van der Waals surface area (Å²) in [6.45, 7) is 6.92. The number of H-pyrrole nitrogens is 1. The number of alkyl halides is 2. The van der Waals surface area contributed by atoms with Crippen LogP contribution in [0.1, 0.15) is 51.5 Å². The minimum atomic E-state index is -2.63. The van der Waals surface area contributed by atoms with Crippen LogP contribution in [0, 0.1) is 11.8 Å². The van der Waals surface area contributed by atoms with Crippen LogP contribution in [0.25, 0.3) is 34.1 Å². The van der Waals surface area contributed by atoms with E-state index >= 15 is 0 Å². The van der Waals surface area contributed by atoms with E-state index in [9.17, 15) is 13.6 Å². The first-order valence-electron chi connectivity index (χ1n) is 13.4. The number of fused-ring (bicyclic) bond motifs is 1. The highest BCUT2D eigenvalue weighted by molar-refractivity contribution is 5.91. The molecule has 4 aromatic rings. The molecule has 1 aromatic carbocycles. The number of imidazole rings is 1. The first kappa shape index (κ1) is 25.6. The number of morpholine rings is 1. The molecule has 10 nitrogen and oxygen atoms in total. The number of rotatable bonds is 6. The number of benzene rings is 1. The molecule has 6 rings (SSSR count). The molecule has 0 bridgehead atoms. The lowest BCUT2D eigenvalue weighted by molar-refractivity contribution is 0.0976. The summed E-state index contributed by atoms with van der Waals surface area (Å²) in [6, 6.07) is 6.27. The third-order valence-electron chi connectivity index (χ3n) is 7.85. The van der Waals surface area contributed by atoms with E-state index in [0.717, 1.165) is 18.8 Å². The number of halogens is 2. The molecule has 4 heterocycles. The maximum Gasteiger partial charge on any atom is 0.439 e. The van der Waals surface area contributed by atoms with Crippen LogP contribution in [0.2, 0.25) is 0 Å². The third-order valence-corrected chi connectivity index (χ3v) is 7.85. The van der Waals surface area contributed by atoms with Gasteiger partial charge in [-0.2, -0.15) is 4.98 Å². The lowest BCUT2D eigenvalue weighted by Gasteiger charge is -2.35. The molecule has 1 aliphatic carbocycles. The molecule has 39 heavy (non-hydrogen) atoms. The second-order valence-electron chi connectivity index (χ2n) is 10.7. The summed E-state index contributed by atoms with van der Waals surface area (Å²) in [7, 11) is 0. The summed E-state index contributed by atoms with van der Waals surface area (Å²) < 4.78 is 39.9. The second kappa shape index (κ2) is 10.5. The Bertz CT molecular complexity index is 1520. The van der Waals surface area contributed by atoms with E-state index in [1.165, 1.54) is 25.0 Å². The second-order valence-corrected chi connectivity index (χ2v) is 10.7. The van der Waals surface area contributed by atoms with Gasteiger partial charge >= 0.3 is 5.76 Å². The number of hydrogen-bond acceptors (Lipinski definition) is 8. The van der Waals surface area contributed by atoms with Crippen LogP contribution in [0.15, 0.2) is 33.6 Å². The first-order valence-corrected chi connectivity index (χ1v) is 13.4. The Morgan fingerprint density at radius 2 is 1.95 bits per heavy atom. The molecule has 0 unspecified atom stereocenters. The molecule has 0 radical (unpaired) electrons. The number of anilines is 1. The standard InChI is InChI=1S/C27H31F2N7O3/c1-15-6-8-17(9-7-15)13-36-21-20(18-4-3-5-19(12-18)22(28)29)30-24(25-33-27(37)39-34-25)31-23(21)32-26(36)35-10-11-38-14-16(35)2/h3-5,12,15-17,22H,6-11,13-14H2,1-2H3,(H,33,34,37)/t15?,16-,17?/m1/s1. The zero-order valence-electron chi connectivity index (χ0n) is 21.9. The van der Waals surface area contributed by atoms with E-state index in [2.05, 4.69) is 43.0 Å². The summed E-state index contributed by atoms with van der Waals surface area (Å²) in [6.07, 6.45) is 1.92. The fraction of sp³-hybridized carbons (Fsp3) is 0.519. The van der Waals surface area contributed by atoms with Crippen molar-refractivity contribution in [1.29, 1.82) is 0 Å². The van der Waals surface area contributed by atoms with E-state index in [4.69, 9.17) is 14.7 Å². The van der Waals surface area contributed by atoms with Gasteiger partial charge in [0, 0.05) is 24.2 Å². The molecular formula is C27H31F2N7O3. The van der Waals surface area contributed by atoms with Crippen LogP contribution in [0.4, 0.5) is 14.7 Å². The fourth-order valence-corrected chi connectivity index (χ4v) is 5.67. The number of aromatic amines is 1. The zero-order valence-corrected chi connectivity index (χ0v) is 21.9. The van der Waals surface area contributed by atoms with Gasteiger partial charge in [0.15, 0.2) is 5.65 Å². The van der Waals surface area contributed by atoms with Crippen molar-refractivity contribution in [2.24, 2.45) is 11.8 Å². The van der Waals surface area contributed by atoms with Crippen LogP contribution >= 0.6 is 0 Å². The van der Waals surface area contributed by atoms with Crippen molar-refractivity contribution in [3.05, 3.63) is 40.4 Å². The van der Waals surface area contributed by atoms with Crippen molar-refractivity contribution in [3.8, 4) is 22.9 Å². The van der Waals surface area contributed by atoms with E-state index in [1.807, 2.05) is 0 Å². The molecule has 1 saturated carbocycles. The van der Waals surface area contributed by atoms with Crippen molar-refractivity contribution >= 4 is 17.1 Å². The number of ether oxygens (including phenoxy) is 1. The van der Waals surface area contributed by atoms with Crippen molar-refractivity contribution in [2.75, 3.05) is 24.7 Å². The highest BCUT2D eigenvalue weighted by Crippen LogP contribution is 2.37. The number of nitrogens with one attached hydrogen (secondary N) is 1. The molecule has 0 spiro atoms. The monoisotopic (exact) mass is 539 g/mol. The van der Waals surface area contributed by atoms with E-state index in [1.54, 1.807) is 12.1 Å². The van der Waals surface area contributed by atoms with Gasteiger partial charge in [-0.05, 0) is 37.7 Å². The Labute approximate surface area is 223 Å². The molecule has 1 saturated heterocycles. The molecule has 206 valence electrons. The minimum absolute atomic E-state index is 0.0465. The summed E-state index contributed by atoms with van der Waals surface area (Å²) in [5, 5.41) is 3.76. The molecule has 2 aliphatic rings. The molecule has 12 heteroatoms. The highest BCUT2D eigenvalue weighted by atomic mass is 19.3. The quantitative estimate of drug-likeness (QED) is 0.371. The van der Waals surface area contributed by atoms with Crippen molar-refractivity contribution in [3.63, 3.8) is 0 Å².